The molecular weight excluding hydrogens is 324 g/mol. The normalized spacial score (nSPS) is 0. The Labute approximate surface area is 65.9 Å². The van der Waals surface area contributed by atoms with Crippen molar-refractivity contribution in [3.63, 3.8) is 0 Å². The van der Waals surface area contributed by atoms with Crippen LogP contribution in [0.1, 0.15) is 0 Å². The molecule has 0 aliphatic heterocycles. The van der Waals surface area contributed by atoms with Gasteiger partial charge in [-0.1, -0.05) is 0 Å². The zero-order valence-electron chi connectivity index (χ0n) is 3.74. The maximum absolute atomic E-state index is 0. The third-order valence-electron chi connectivity index (χ3n) is 0. The predicted molar refractivity (Wildman–Crippen MR) is 28.9 cm³/mol. The van der Waals surface area contributed by atoms with Crippen LogP contribution in [0.5, 0.6) is 0 Å². The number of rotatable bonds is 0. The number of hydrogen-bond donors (Lipinski definition) is 0. The fourth-order valence-electron chi connectivity index (χ4n) is 0. The van der Waals surface area contributed by atoms with E-state index in [-0.39, 0.29) is 65.4 Å². The molecule has 0 spiro atoms. The van der Waals surface area contributed by atoms with Gasteiger partial charge in [-0.3, -0.25) is 0 Å². The van der Waals surface area contributed by atoms with Crippen molar-refractivity contribution >= 4 is 12.4 Å². The first-order valence-corrected chi connectivity index (χ1v) is 0. The van der Waals surface area contributed by atoms with Crippen LogP contribution in [0.25, 0.3) is 0 Å². The molecule has 1 radical (unpaired) electrons. The van der Waals surface area contributed by atoms with Crippen LogP contribution in [0.4, 0.5) is 0 Å². The summed E-state index contributed by atoms with van der Waals surface area (Å²) < 4.78 is 0. The molecule has 0 fully saturated rings. The molecule has 0 heterocycles. The Kier molecular flexibility index (Phi) is 93100. The van der Waals surface area contributed by atoms with E-state index < -0.39 is 0 Å². The van der Waals surface area contributed by atoms with Crippen molar-refractivity contribution in [3.8, 4) is 0 Å². The van der Waals surface area contributed by atoms with E-state index >= 15 is 0 Å². The zero-order chi connectivity index (χ0) is 0. The Morgan fingerprint density at radius 1 is 0.375 bits per heavy atom. The molecule has 12 N–H and O–H groups in total. The van der Waals surface area contributed by atoms with Crippen molar-refractivity contribution in [2.45, 2.75) is 0 Å². The van der Waals surface area contributed by atoms with E-state index in [1.807, 2.05) is 0 Å². The second-order valence-electron chi connectivity index (χ2n) is 0. The molecule has 0 aliphatic rings. The Bertz CT molecular complexity index is 8.49. The topological polar surface area (TPSA) is 189 Å². The Balaban J connectivity index is 0. The molecule has 0 rings (SSSR count). The van der Waals surface area contributed by atoms with Crippen LogP contribution in [0.15, 0.2) is 0 Å². The summed E-state index contributed by atoms with van der Waals surface area (Å²) in [6.07, 6.45) is 0. The average molecular weight is 337 g/mol. The predicted octanol–water partition coefficient (Wildman–Crippen LogP) is -4.53. The Hall–Kier alpha value is 0.699. The SMILES string of the molecule is Cl.O.O.O.O.O.O.[Ir]. The summed E-state index contributed by atoms with van der Waals surface area (Å²) in [5.74, 6) is 0. The summed E-state index contributed by atoms with van der Waals surface area (Å²) in [4.78, 5) is 0. The summed E-state index contributed by atoms with van der Waals surface area (Å²) in [5, 5.41) is 0. The molecule has 8 heteroatoms. The first-order chi connectivity index (χ1) is 0. The molecule has 65 valence electrons. The van der Waals surface area contributed by atoms with Gasteiger partial charge in [-0.05, 0) is 0 Å². The summed E-state index contributed by atoms with van der Waals surface area (Å²) in [7, 11) is 0. The molecule has 0 amide bonds. The largest absolute Gasteiger partial charge is 0.412 e. The standard InChI is InChI=1S/ClH.Ir.6H2O/h1H;;6*1H2. The summed E-state index contributed by atoms with van der Waals surface area (Å²) >= 11 is 0. The molecule has 0 atom stereocenters. The van der Waals surface area contributed by atoms with Gasteiger partial charge in [0, 0.05) is 20.1 Å². The van der Waals surface area contributed by atoms with E-state index in [0.717, 1.165) is 0 Å². The Morgan fingerprint density at radius 2 is 0.375 bits per heavy atom. The van der Waals surface area contributed by atoms with Crippen LogP contribution in [0, 0.1) is 0 Å². The van der Waals surface area contributed by atoms with E-state index in [1.54, 1.807) is 0 Å². The Morgan fingerprint density at radius 3 is 0.375 bits per heavy atom. The molecule has 0 saturated carbocycles. The maximum atomic E-state index is 0. The van der Waals surface area contributed by atoms with Crippen molar-refractivity contribution in [2.24, 2.45) is 0 Å². The van der Waals surface area contributed by atoms with Crippen molar-refractivity contribution in [3.05, 3.63) is 0 Å². The van der Waals surface area contributed by atoms with Crippen molar-refractivity contribution in [2.75, 3.05) is 0 Å². The second-order valence-corrected chi connectivity index (χ2v) is 0. The van der Waals surface area contributed by atoms with Crippen LogP contribution in [-0.4, -0.2) is 32.9 Å². The molecule has 0 aromatic rings. The fourth-order valence-corrected chi connectivity index (χ4v) is 0. The van der Waals surface area contributed by atoms with Gasteiger partial charge in [0.15, 0.2) is 0 Å². The van der Waals surface area contributed by atoms with Crippen LogP contribution in [-0.2, 0) is 20.1 Å². The first kappa shape index (κ1) is 1050. The van der Waals surface area contributed by atoms with Gasteiger partial charge >= 0.3 is 0 Å². The van der Waals surface area contributed by atoms with Crippen molar-refractivity contribution < 1.29 is 53.0 Å². The monoisotopic (exact) mass is 337 g/mol. The van der Waals surface area contributed by atoms with Gasteiger partial charge in [0.1, 0.15) is 0 Å². The minimum atomic E-state index is 0. The van der Waals surface area contributed by atoms with Gasteiger partial charge in [-0.25, -0.2) is 0 Å². The molecule has 0 bridgehead atoms. The third kappa shape index (κ3) is 445. The average Bonchev–Trinajstić information content (AvgIpc) is 0. The quantitative estimate of drug-likeness (QED) is 0.412. The van der Waals surface area contributed by atoms with Gasteiger partial charge in [-0.15, -0.1) is 12.4 Å². The number of hydrogen-bond acceptors (Lipinski definition) is 0. The first-order valence-electron chi connectivity index (χ1n) is 0. The van der Waals surface area contributed by atoms with Crippen LogP contribution < -0.4 is 0 Å². The second kappa shape index (κ2) is 707. The van der Waals surface area contributed by atoms with Crippen LogP contribution in [0.3, 0.4) is 0 Å². The minimum Gasteiger partial charge on any atom is -0.412 e. The molecule has 0 aromatic carbocycles. The van der Waals surface area contributed by atoms with Gasteiger partial charge < -0.3 is 32.9 Å². The van der Waals surface area contributed by atoms with Crippen molar-refractivity contribution in [1.29, 1.82) is 0 Å². The van der Waals surface area contributed by atoms with Crippen LogP contribution in [0.2, 0.25) is 0 Å². The molecule has 0 unspecified atom stereocenters. The molecule has 0 aliphatic carbocycles. The molecule has 0 saturated heterocycles. The van der Waals surface area contributed by atoms with E-state index in [2.05, 4.69) is 0 Å². The van der Waals surface area contributed by atoms with Gasteiger partial charge in [0.25, 0.3) is 0 Å². The van der Waals surface area contributed by atoms with E-state index in [9.17, 15) is 0 Å². The maximum Gasteiger partial charge on any atom is 0 e. The molecule has 8 heavy (non-hydrogen) atoms. The van der Waals surface area contributed by atoms with E-state index in [1.165, 1.54) is 0 Å². The van der Waals surface area contributed by atoms with Crippen molar-refractivity contribution in [1.82, 2.24) is 0 Å². The third-order valence-corrected chi connectivity index (χ3v) is 0. The van der Waals surface area contributed by atoms with Gasteiger partial charge in [0.2, 0.25) is 0 Å². The number of halogens is 1. The summed E-state index contributed by atoms with van der Waals surface area (Å²) in [6.45, 7) is 0. The smallest absolute Gasteiger partial charge is 0 e. The van der Waals surface area contributed by atoms with Gasteiger partial charge in [-0.2, -0.15) is 0 Å². The van der Waals surface area contributed by atoms with E-state index in [4.69, 9.17) is 0 Å². The summed E-state index contributed by atoms with van der Waals surface area (Å²) in [6, 6.07) is 0. The van der Waals surface area contributed by atoms with Crippen LogP contribution >= 0.6 is 12.4 Å². The molecule has 6 nitrogen and oxygen atoms in total. The molecule has 0 aromatic heterocycles. The van der Waals surface area contributed by atoms with E-state index in [0.29, 0.717) is 0 Å². The summed E-state index contributed by atoms with van der Waals surface area (Å²) in [5.41, 5.74) is 0. The zero-order valence-corrected chi connectivity index (χ0v) is 6.95. The molecular formula is H13ClIrO6. The minimum absolute atomic E-state index is 0. The fraction of sp³-hybridized carbons (Fsp3) is 0. The van der Waals surface area contributed by atoms with Gasteiger partial charge in [0.05, 0.1) is 0 Å².